The molecule has 2 N–H and O–H groups in total. The maximum Gasteiger partial charge on any atom is 0.115 e. The van der Waals surface area contributed by atoms with Crippen LogP contribution in [-0.4, -0.2) is 29.5 Å². The lowest BCUT2D eigenvalue weighted by molar-refractivity contribution is 0.0385. The van der Waals surface area contributed by atoms with Gasteiger partial charge in [0.1, 0.15) is 12.7 Å². The summed E-state index contributed by atoms with van der Waals surface area (Å²) in [4.78, 5) is 0. The van der Waals surface area contributed by atoms with Gasteiger partial charge in [0.15, 0.2) is 0 Å². The molecule has 3 heteroatoms. The summed E-state index contributed by atoms with van der Waals surface area (Å²) in [5.41, 5.74) is 0. The Morgan fingerprint density at radius 2 is 1.90 bits per heavy atom. The molecule has 0 aliphatic carbocycles. The molecule has 0 rings (SSSR count). The van der Waals surface area contributed by atoms with E-state index in [0.717, 1.165) is 12.3 Å². The fourth-order valence-electron chi connectivity index (χ4n) is 1.68. The van der Waals surface area contributed by atoms with Crippen molar-refractivity contribution in [3.05, 3.63) is 24.5 Å². The first-order valence-corrected chi connectivity index (χ1v) is 7.92. The van der Waals surface area contributed by atoms with E-state index in [-0.39, 0.29) is 13.2 Å². The van der Waals surface area contributed by atoms with Gasteiger partial charge < -0.3 is 14.9 Å². The molecular formula is C18H30O3. The Labute approximate surface area is 129 Å². The number of allylic oxidation sites excluding steroid dienone is 3. The summed E-state index contributed by atoms with van der Waals surface area (Å²) in [5, 5.41) is 17.6. The molecule has 120 valence electrons. The van der Waals surface area contributed by atoms with Gasteiger partial charge in [-0.25, -0.2) is 0 Å². The first-order valence-electron chi connectivity index (χ1n) is 7.92. The van der Waals surface area contributed by atoms with Crippen molar-refractivity contribution < 1.29 is 14.9 Å². The van der Waals surface area contributed by atoms with Crippen LogP contribution >= 0.6 is 0 Å². The average molecular weight is 294 g/mol. The van der Waals surface area contributed by atoms with Gasteiger partial charge in [0, 0.05) is 6.08 Å². The van der Waals surface area contributed by atoms with E-state index < -0.39 is 6.10 Å². The van der Waals surface area contributed by atoms with E-state index in [0.29, 0.717) is 0 Å². The minimum Gasteiger partial charge on any atom is -0.498 e. The first kappa shape index (κ1) is 19.8. The summed E-state index contributed by atoms with van der Waals surface area (Å²) in [7, 11) is 0. The summed E-state index contributed by atoms with van der Waals surface area (Å²) in [6.45, 7) is 4.36. The molecule has 0 aliphatic heterocycles. The third-order valence-electron chi connectivity index (χ3n) is 3.30. The van der Waals surface area contributed by atoms with E-state index >= 15 is 0 Å². The van der Waals surface area contributed by atoms with Crippen molar-refractivity contribution in [3.63, 3.8) is 0 Å². The lowest BCUT2D eigenvalue weighted by atomic mass is 10.0. The zero-order chi connectivity index (χ0) is 15.8. The fraction of sp³-hybridized carbons (Fsp3) is 0.667. The minimum absolute atomic E-state index is 0.0845. The molecule has 3 nitrogen and oxygen atoms in total. The van der Waals surface area contributed by atoms with Crippen LogP contribution in [0, 0.1) is 17.8 Å². The lowest BCUT2D eigenvalue weighted by Gasteiger charge is -2.06. The second-order valence-corrected chi connectivity index (χ2v) is 5.31. The number of aliphatic hydroxyl groups excluding tert-OH is 2. The van der Waals surface area contributed by atoms with Gasteiger partial charge in [0.2, 0.25) is 0 Å². The highest BCUT2D eigenvalue weighted by molar-refractivity contribution is 5.22. The Kier molecular flexibility index (Phi) is 14.3. The summed E-state index contributed by atoms with van der Waals surface area (Å²) in [5.74, 6) is 6.57. The number of unbranched alkanes of at least 4 members (excludes halogenated alkanes) is 3. The zero-order valence-corrected chi connectivity index (χ0v) is 13.4. The quantitative estimate of drug-likeness (QED) is 0.349. The summed E-state index contributed by atoms with van der Waals surface area (Å²) in [6.07, 6.45) is 13.7. The Morgan fingerprint density at radius 1 is 1.14 bits per heavy atom. The van der Waals surface area contributed by atoms with E-state index in [1.165, 1.54) is 38.4 Å². The van der Waals surface area contributed by atoms with Gasteiger partial charge in [-0.05, 0) is 24.8 Å². The molecule has 21 heavy (non-hydrogen) atoms. The van der Waals surface area contributed by atoms with Crippen LogP contribution in [0.2, 0.25) is 0 Å². The van der Waals surface area contributed by atoms with E-state index in [1.807, 2.05) is 6.08 Å². The van der Waals surface area contributed by atoms with Crippen LogP contribution in [0.4, 0.5) is 0 Å². The molecule has 0 heterocycles. The number of hydrogen-bond donors (Lipinski definition) is 2. The van der Waals surface area contributed by atoms with Gasteiger partial charge in [-0.15, -0.1) is 0 Å². The molecule has 0 radical (unpaired) electrons. The third-order valence-corrected chi connectivity index (χ3v) is 3.30. The maximum atomic E-state index is 9.01. The maximum absolute atomic E-state index is 9.01. The highest BCUT2D eigenvalue weighted by Crippen LogP contribution is 2.12. The van der Waals surface area contributed by atoms with E-state index in [9.17, 15) is 0 Å². The van der Waals surface area contributed by atoms with Crippen molar-refractivity contribution in [3.8, 4) is 11.8 Å². The van der Waals surface area contributed by atoms with Crippen molar-refractivity contribution in [1.29, 1.82) is 0 Å². The van der Waals surface area contributed by atoms with Crippen LogP contribution in [0.5, 0.6) is 0 Å². The van der Waals surface area contributed by atoms with Crippen LogP contribution in [0.25, 0.3) is 0 Å². The summed E-state index contributed by atoms with van der Waals surface area (Å²) in [6, 6.07) is 0. The molecule has 0 bridgehead atoms. The first-order chi connectivity index (χ1) is 10.2. The second-order valence-electron chi connectivity index (χ2n) is 5.31. The Balaban J connectivity index is 3.47. The molecule has 0 unspecified atom stereocenters. The number of rotatable bonds is 11. The average Bonchev–Trinajstić information content (AvgIpc) is 2.51. The molecule has 0 aromatic carbocycles. The molecule has 0 spiro atoms. The smallest absolute Gasteiger partial charge is 0.115 e. The second kappa shape index (κ2) is 15.2. The Bertz CT molecular complexity index is 336. The topological polar surface area (TPSA) is 49.7 Å². The van der Waals surface area contributed by atoms with Gasteiger partial charge >= 0.3 is 0 Å². The van der Waals surface area contributed by atoms with Crippen molar-refractivity contribution in [2.45, 2.75) is 58.5 Å². The van der Waals surface area contributed by atoms with E-state index in [1.54, 1.807) is 6.08 Å². The molecule has 0 aromatic heterocycles. The van der Waals surface area contributed by atoms with Gasteiger partial charge in [-0.2, -0.15) is 0 Å². The van der Waals surface area contributed by atoms with Crippen LogP contribution in [0.1, 0.15) is 52.4 Å². The van der Waals surface area contributed by atoms with Crippen LogP contribution < -0.4 is 0 Å². The number of ether oxygens (including phenoxy) is 1. The van der Waals surface area contributed by atoms with Crippen molar-refractivity contribution in [2.24, 2.45) is 5.92 Å². The standard InChI is InChI=1S/C18H30O3/c1-3-17(2)13-11-9-7-5-4-6-8-10-12-14-21-16-18(20)15-19/h4,6,12,14,17-20H,3,5,7,9,11,13,15-16H2,1-2H3/b6-4-,14-12-/t17-,18-/m0/s1. The molecule has 2 atom stereocenters. The van der Waals surface area contributed by atoms with Gasteiger partial charge in [0.05, 0.1) is 12.9 Å². The molecule has 0 saturated carbocycles. The fourth-order valence-corrected chi connectivity index (χ4v) is 1.68. The van der Waals surface area contributed by atoms with Gasteiger partial charge in [-0.3, -0.25) is 0 Å². The minimum atomic E-state index is -0.831. The monoisotopic (exact) mass is 294 g/mol. The molecular weight excluding hydrogens is 264 g/mol. The molecule has 0 fully saturated rings. The predicted octanol–water partition coefficient (Wildman–Crippen LogP) is 3.43. The van der Waals surface area contributed by atoms with Gasteiger partial charge in [0.25, 0.3) is 0 Å². The largest absolute Gasteiger partial charge is 0.498 e. The highest BCUT2D eigenvalue weighted by Gasteiger charge is 1.98. The highest BCUT2D eigenvalue weighted by atomic mass is 16.5. The Hall–Kier alpha value is -1.24. The summed E-state index contributed by atoms with van der Waals surface area (Å²) < 4.78 is 4.97. The summed E-state index contributed by atoms with van der Waals surface area (Å²) >= 11 is 0. The van der Waals surface area contributed by atoms with Crippen molar-refractivity contribution >= 4 is 0 Å². The van der Waals surface area contributed by atoms with Crippen molar-refractivity contribution in [2.75, 3.05) is 13.2 Å². The molecule has 0 saturated heterocycles. The molecule has 0 aromatic rings. The molecule has 0 aliphatic rings. The number of hydrogen-bond acceptors (Lipinski definition) is 3. The number of aliphatic hydroxyl groups is 2. The van der Waals surface area contributed by atoms with Crippen LogP contribution in [0.15, 0.2) is 24.5 Å². The normalized spacial score (nSPS) is 14.1. The zero-order valence-electron chi connectivity index (χ0n) is 13.4. The van der Waals surface area contributed by atoms with Crippen molar-refractivity contribution in [1.82, 2.24) is 0 Å². The van der Waals surface area contributed by atoms with Crippen LogP contribution in [0.3, 0.4) is 0 Å². The third kappa shape index (κ3) is 15.0. The van der Waals surface area contributed by atoms with Gasteiger partial charge in [-0.1, -0.05) is 57.4 Å². The molecule has 0 amide bonds. The van der Waals surface area contributed by atoms with Crippen LogP contribution in [-0.2, 0) is 4.74 Å². The lowest BCUT2D eigenvalue weighted by Crippen LogP contribution is -2.17. The SMILES string of the molecule is CC[C@H](C)CCCCC/C=C\C#C/C=C\OC[C@@H](O)CO. The Morgan fingerprint density at radius 3 is 2.62 bits per heavy atom. The predicted molar refractivity (Wildman–Crippen MR) is 87.6 cm³/mol. The van der Waals surface area contributed by atoms with E-state index in [4.69, 9.17) is 14.9 Å². The van der Waals surface area contributed by atoms with E-state index in [2.05, 4.69) is 31.8 Å².